The van der Waals surface area contributed by atoms with Crippen molar-refractivity contribution in [2.75, 3.05) is 56.4 Å². The van der Waals surface area contributed by atoms with Gasteiger partial charge in [-0.3, -0.25) is 19.6 Å². The van der Waals surface area contributed by atoms with Crippen molar-refractivity contribution < 1.29 is 23.5 Å². The first-order chi connectivity index (χ1) is 13.3. The van der Waals surface area contributed by atoms with Crippen LogP contribution in [0.2, 0.25) is 0 Å². The molecule has 4 amide bonds. The van der Waals surface area contributed by atoms with Crippen molar-refractivity contribution in [1.29, 1.82) is 0 Å². The standard InChI is InChI=1S/C18H32N8O3/c1-17-11(19(3)13(27)23(17)7)21(5)15(25(17)9)29-16-22(6)12-18(2,26(16)10)24(8)14(28)20(12)4/h11-12H,1-10H3/q+2. The van der Waals surface area contributed by atoms with Crippen molar-refractivity contribution in [3.8, 4) is 0 Å². The molecule has 4 aliphatic rings. The average Bonchev–Trinajstić information content (AvgIpc) is 3.14. The molecule has 4 rings (SSSR count). The number of likely N-dealkylation sites (N-methyl/N-ethyl adjacent to an activating group) is 8. The van der Waals surface area contributed by atoms with Gasteiger partial charge in [0.15, 0.2) is 0 Å². The van der Waals surface area contributed by atoms with Gasteiger partial charge in [-0.05, 0) is 0 Å². The largest absolute Gasteiger partial charge is 0.460 e. The number of ether oxygens (including phenoxy) is 1. The summed E-state index contributed by atoms with van der Waals surface area (Å²) in [5, 5.41) is 0. The third kappa shape index (κ3) is 1.88. The lowest BCUT2D eigenvalue weighted by molar-refractivity contribution is -0.570. The Bertz CT molecular complexity index is 816. The van der Waals surface area contributed by atoms with E-state index in [1.165, 1.54) is 0 Å². The summed E-state index contributed by atoms with van der Waals surface area (Å²) in [6.07, 6.45) is -0.362. The van der Waals surface area contributed by atoms with Crippen molar-refractivity contribution in [2.24, 2.45) is 0 Å². The zero-order valence-corrected chi connectivity index (χ0v) is 19.0. The highest BCUT2D eigenvalue weighted by Crippen LogP contribution is 2.40. The van der Waals surface area contributed by atoms with Gasteiger partial charge >= 0.3 is 24.1 Å². The van der Waals surface area contributed by atoms with E-state index in [-0.39, 0.29) is 24.4 Å². The highest BCUT2D eigenvalue weighted by atomic mass is 16.5. The Hall–Kier alpha value is -2.72. The fraction of sp³-hybridized carbons (Fsp3) is 0.778. The molecule has 0 aliphatic carbocycles. The van der Waals surface area contributed by atoms with Crippen LogP contribution in [-0.2, 0) is 4.74 Å². The number of amidine groups is 2. The Kier molecular flexibility index (Phi) is 3.68. The van der Waals surface area contributed by atoms with E-state index in [1.807, 2.05) is 89.2 Å². The molecule has 0 aromatic rings. The second-order valence-corrected chi connectivity index (χ2v) is 8.85. The van der Waals surface area contributed by atoms with Gasteiger partial charge in [-0.15, -0.1) is 0 Å². The maximum atomic E-state index is 12.5. The second kappa shape index (κ2) is 5.45. The number of urea groups is 2. The fourth-order valence-corrected chi connectivity index (χ4v) is 5.63. The molecule has 29 heavy (non-hydrogen) atoms. The maximum Gasteiger partial charge on any atom is 0.460 e. The Balaban J connectivity index is 1.74. The van der Waals surface area contributed by atoms with E-state index in [0.717, 1.165) is 0 Å². The molecule has 0 bridgehead atoms. The van der Waals surface area contributed by atoms with Crippen molar-refractivity contribution >= 4 is 24.1 Å². The maximum absolute atomic E-state index is 12.5. The lowest BCUT2D eigenvalue weighted by Gasteiger charge is -2.31. The van der Waals surface area contributed by atoms with Gasteiger partial charge in [0.25, 0.3) is 0 Å². The van der Waals surface area contributed by atoms with Crippen LogP contribution in [-0.4, -0.2) is 143 Å². The molecular weight excluding hydrogens is 376 g/mol. The highest BCUT2D eigenvalue weighted by molar-refractivity contribution is 5.89. The van der Waals surface area contributed by atoms with Gasteiger partial charge in [0.05, 0.1) is 28.2 Å². The molecule has 2 saturated heterocycles. The lowest BCUT2D eigenvalue weighted by Crippen LogP contribution is -2.58. The SMILES string of the molecule is CN1C(=O)N(C)C2(C)C1[N+](C)=C(OC1=[N+](C)C3N(C)C(=O)N(C)C3(C)N1C)N2C. The van der Waals surface area contributed by atoms with E-state index in [0.29, 0.717) is 12.0 Å². The molecular formula is C18H32N8O3+2. The van der Waals surface area contributed by atoms with Crippen LogP contribution in [0.15, 0.2) is 0 Å². The summed E-state index contributed by atoms with van der Waals surface area (Å²) in [6, 6.07) is 1.25. The molecule has 11 heteroatoms. The summed E-state index contributed by atoms with van der Waals surface area (Å²) in [6.45, 7) is 4.07. The third-order valence-electron chi connectivity index (χ3n) is 7.70. The number of carbonyl (C=O) groups is 2. The number of hydrogen-bond acceptors (Lipinski definition) is 5. The van der Waals surface area contributed by atoms with Crippen molar-refractivity contribution in [3.05, 3.63) is 0 Å². The van der Waals surface area contributed by atoms with Crippen molar-refractivity contribution in [3.63, 3.8) is 0 Å². The topological polar surface area (TPSA) is 68.8 Å². The minimum Gasteiger partial charge on any atom is -0.321 e. The molecule has 4 aliphatic heterocycles. The Morgan fingerprint density at radius 3 is 1.28 bits per heavy atom. The number of hydrogen-bond donors (Lipinski definition) is 0. The number of carbonyl (C=O) groups excluding carboxylic acids is 2. The summed E-state index contributed by atoms with van der Waals surface area (Å²) in [7, 11) is 15.0. The molecule has 4 heterocycles. The Labute approximate surface area is 171 Å². The first-order valence-electron chi connectivity index (χ1n) is 9.69. The fourth-order valence-electron chi connectivity index (χ4n) is 5.63. The van der Waals surface area contributed by atoms with Crippen LogP contribution < -0.4 is 0 Å². The zero-order valence-electron chi connectivity index (χ0n) is 19.0. The molecule has 2 fully saturated rings. The zero-order chi connectivity index (χ0) is 21.8. The molecule has 4 atom stereocenters. The molecule has 0 saturated carbocycles. The van der Waals surface area contributed by atoms with Crippen LogP contribution in [0, 0.1) is 0 Å². The van der Waals surface area contributed by atoms with Gasteiger partial charge in [-0.25, -0.2) is 28.5 Å². The van der Waals surface area contributed by atoms with Crippen molar-refractivity contribution in [1.82, 2.24) is 29.4 Å². The molecule has 0 aromatic heterocycles. The van der Waals surface area contributed by atoms with E-state index in [1.54, 1.807) is 19.6 Å². The molecule has 0 radical (unpaired) electrons. The van der Waals surface area contributed by atoms with Crippen molar-refractivity contribution in [2.45, 2.75) is 37.5 Å². The summed E-state index contributed by atoms with van der Waals surface area (Å²) in [4.78, 5) is 36.0. The minimum absolute atomic E-state index is 0.0261. The van der Waals surface area contributed by atoms with E-state index in [4.69, 9.17) is 4.74 Å². The minimum atomic E-state index is -0.560. The number of fused-ring (bicyclic) bond motifs is 2. The van der Waals surface area contributed by atoms with Crippen LogP contribution in [0.5, 0.6) is 0 Å². The van der Waals surface area contributed by atoms with Gasteiger partial charge < -0.3 is 4.74 Å². The monoisotopic (exact) mass is 408 g/mol. The molecule has 0 spiro atoms. The van der Waals surface area contributed by atoms with E-state index < -0.39 is 11.3 Å². The summed E-state index contributed by atoms with van der Waals surface area (Å²) in [5.41, 5.74) is -1.12. The quantitative estimate of drug-likeness (QED) is 0.480. The van der Waals surface area contributed by atoms with Crippen LogP contribution in [0.4, 0.5) is 9.59 Å². The molecule has 0 N–H and O–H groups in total. The van der Waals surface area contributed by atoms with E-state index in [2.05, 4.69) is 0 Å². The highest BCUT2D eigenvalue weighted by Gasteiger charge is 2.71. The molecule has 4 unspecified atom stereocenters. The van der Waals surface area contributed by atoms with Gasteiger partial charge in [0.1, 0.15) is 0 Å². The van der Waals surface area contributed by atoms with Gasteiger partial charge in [0.2, 0.25) is 23.7 Å². The predicted octanol–water partition coefficient (Wildman–Crippen LogP) is -1.03. The second-order valence-electron chi connectivity index (χ2n) is 8.85. The van der Waals surface area contributed by atoms with Gasteiger partial charge in [-0.2, -0.15) is 0 Å². The van der Waals surface area contributed by atoms with Gasteiger partial charge in [0, 0.05) is 42.0 Å². The number of nitrogens with zero attached hydrogens (tertiary/aromatic N) is 8. The predicted molar refractivity (Wildman–Crippen MR) is 105 cm³/mol. The van der Waals surface area contributed by atoms with Crippen LogP contribution in [0.1, 0.15) is 13.8 Å². The summed E-state index contributed by atoms with van der Waals surface area (Å²) in [5.74, 6) is 0. The molecule has 11 nitrogen and oxygen atoms in total. The Morgan fingerprint density at radius 1 is 0.690 bits per heavy atom. The van der Waals surface area contributed by atoms with E-state index in [9.17, 15) is 9.59 Å². The first kappa shape index (κ1) is 19.6. The van der Waals surface area contributed by atoms with Crippen LogP contribution in [0.25, 0.3) is 0 Å². The summed E-state index contributed by atoms with van der Waals surface area (Å²) < 4.78 is 10.5. The molecule has 160 valence electrons. The normalized spacial score (nSPS) is 37.0. The number of rotatable bonds is 0. The molecule has 0 aromatic carbocycles. The van der Waals surface area contributed by atoms with Crippen LogP contribution >= 0.6 is 0 Å². The lowest BCUT2D eigenvalue weighted by atomic mass is 10.1. The van der Waals surface area contributed by atoms with Gasteiger partial charge in [-0.1, -0.05) is 0 Å². The van der Waals surface area contributed by atoms with E-state index >= 15 is 0 Å². The smallest absolute Gasteiger partial charge is 0.321 e. The first-order valence-corrected chi connectivity index (χ1v) is 9.69. The Morgan fingerprint density at radius 2 is 1.00 bits per heavy atom. The van der Waals surface area contributed by atoms with Crippen LogP contribution in [0.3, 0.4) is 0 Å². The summed E-state index contributed by atoms with van der Waals surface area (Å²) >= 11 is 0. The third-order valence-corrected chi connectivity index (χ3v) is 7.70. The number of amides is 4. The average molecular weight is 409 g/mol.